The number of hydrogen-bond acceptors (Lipinski definition) is 3. The molecule has 0 amide bonds. The highest BCUT2D eigenvalue weighted by Gasteiger charge is 2.54. The molecule has 7 heteroatoms. The lowest BCUT2D eigenvalue weighted by Crippen LogP contribution is -2.41. The lowest BCUT2D eigenvalue weighted by Gasteiger charge is -2.29. The zero-order chi connectivity index (χ0) is 30.2. The van der Waals surface area contributed by atoms with Gasteiger partial charge in [-0.15, -0.1) is 0 Å². The van der Waals surface area contributed by atoms with E-state index in [0.717, 1.165) is 16.5 Å². The Morgan fingerprint density at radius 3 is 2.15 bits per heavy atom. The van der Waals surface area contributed by atoms with Crippen molar-refractivity contribution in [2.45, 2.75) is 58.1 Å². The van der Waals surface area contributed by atoms with Crippen LogP contribution in [0, 0.1) is 18.8 Å². The Kier molecular flexibility index (Phi) is 8.38. The van der Waals surface area contributed by atoms with E-state index in [-0.39, 0.29) is 16.9 Å². The summed E-state index contributed by atoms with van der Waals surface area (Å²) in [5.74, 6) is 4.45. The van der Waals surface area contributed by atoms with Gasteiger partial charge in [0.2, 0.25) is 5.60 Å². The van der Waals surface area contributed by atoms with Crippen molar-refractivity contribution >= 4 is 28.2 Å². The number of Topliss-reactive ketones (excluding diaryl/α,β-unsaturated/α-hetero) is 1. The minimum Gasteiger partial charge on any atom is -0.366 e. The molecule has 4 aromatic carbocycles. The molecule has 2 atom stereocenters. The minimum absolute atomic E-state index is 0.188. The van der Waals surface area contributed by atoms with Crippen molar-refractivity contribution in [3.63, 3.8) is 0 Å². The zero-order valence-corrected chi connectivity index (χ0v) is 24.1. The summed E-state index contributed by atoms with van der Waals surface area (Å²) < 4.78 is 48.4. The van der Waals surface area contributed by atoms with E-state index in [0.29, 0.717) is 21.5 Å². The molecule has 0 fully saturated rings. The van der Waals surface area contributed by atoms with Crippen LogP contribution >= 0.6 is 11.6 Å². The Morgan fingerprint density at radius 2 is 1.59 bits per heavy atom. The van der Waals surface area contributed by atoms with Crippen LogP contribution in [-0.2, 0) is 15.1 Å². The second-order valence-corrected chi connectivity index (χ2v) is 11.4. The summed E-state index contributed by atoms with van der Waals surface area (Å²) in [6.07, 6.45) is -5.93. The molecule has 4 rings (SSSR count). The third kappa shape index (κ3) is 6.49. The highest BCUT2D eigenvalue weighted by molar-refractivity contribution is 6.30. The second-order valence-electron chi connectivity index (χ2n) is 11.0. The first-order valence-corrected chi connectivity index (χ1v) is 13.4. The molecule has 41 heavy (non-hydrogen) atoms. The molecular weight excluding hydrogens is 549 g/mol. The molecule has 0 saturated heterocycles. The van der Waals surface area contributed by atoms with Crippen LogP contribution in [0.3, 0.4) is 0 Å². The van der Waals surface area contributed by atoms with Crippen LogP contribution in [0.25, 0.3) is 21.9 Å². The highest BCUT2D eigenvalue weighted by Crippen LogP contribution is 2.42. The van der Waals surface area contributed by atoms with Crippen molar-refractivity contribution in [3.05, 3.63) is 106 Å². The number of ether oxygens (including phenoxy) is 1. The molecule has 0 saturated carbocycles. The van der Waals surface area contributed by atoms with Gasteiger partial charge in [-0.25, -0.2) is 0 Å². The van der Waals surface area contributed by atoms with Crippen LogP contribution in [-0.4, -0.2) is 22.7 Å². The zero-order valence-electron chi connectivity index (χ0n) is 23.4. The summed E-state index contributed by atoms with van der Waals surface area (Å²) in [5, 5.41) is 12.7. The fraction of sp³-hybridized carbons (Fsp3) is 0.265. The molecule has 0 aliphatic carbocycles. The number of ketones is 1. The summed E-state index contributed by atoms with van der Waals surface area (Å²) >= 11 is 6.17. The Balaban J connectivity index is 2.00. The maximum atomic E-state index is 14.1. The Morgan fingerprint density at radius 1 is 0.951 bits per heavy atom. The van der Waals surface area contributed by atoms with E-state index in [2.05, 4.69) is 11.8 Å². The van der Waals surface area contributed by atoms with Gasteiger partial charge < -0.3 is 9.84 Å². The van der Waals surface area contributed by atoms with E-state index >= 15 is 0 Å². The normalized spacial score (nSPS) is 14.2. The molecule has 0 aromatic heterocycles. The van der Waals surface area contributed by atoms with Gasteiger partial charge in [0.25, 0.3) is 0 Å². The molecule has 4 aromatic rings. The number of alkyl halides is 3. The average Bonchev–Trinajstić information content (AvgIpc) is 2.89. The highest BCUT2D eigenvalue weighted by atomic mass is 35.5. The molecule has 0 bridgehead atoms. The van der Waals surface area contributed by atoms with Gasteiger partial charge in [0.1, 0.15) is 6.10 Å². The molecule has 0 aliphatic rings. The number of benzene rings is 4. The van der Waals surface area contributed by atoms with Crippen LogP contribution in [0.15, 0.2) is 78.9 Å². The van der Waals surface area contributed by atoms with Gasteiger partial charge in [0.05, 0.1) is 5.60 Å². The number of hydrogen-bond donors (Lipinski definition) is 1. The molecule has 0 radical (unpaired) electrons. The molecule has 1 unspecified atom stereocenters. The standard InChI is InChI=1S/C34H30ClF3O3/c1-21-19-25-12-11-23(17-18-33(40,34(36,37)38)26-9-7-6-8-10-26)20-28(25)30(24-13-15-27(35)16-14-24)29(21)31(22(2)39)41-32(3,4)5/h6-16,19-20,31,40H,1-5H3/t31-,33?/m1/s1. The van der Waals surface area contributed by atoms with Gasteiger partial charge in [-0.2, -0.15) is 13.2 Å². The van der Waals surface area contributed by atoms with Gasteiger partial charge in [-0.1, -0.05) is 72.1 Å². The lowest BCUT2D eigenvalue weighted by molar-refractivity contribution is -0.240. The van der Waals surface area contributed by atoms with Crippen molar-refractivity contribution in [2.24, 2.45) is 0 Å². The van der Waals surface area contributed by atoms with Crippen molar-refractivity contribution in [2.75, 3.05) is 0 Å². The Bertz CT molecular complexity index is 1640. The van der Waals surface area contributed by atoms with E-state index in [1.165, 1.54) is 31.2 Å². The van der Waals surface area contributed by atoms with Gasteiger partial charge in [-0.3, -0.25) is 4.79 Å². The third-order valence-electron chi connectivity index (χ3n) is 6.61. The van der Waals surface area contributed by atoms with Crippen molar-refractivity contribution in [1.29, 1.82) is 0 Å². The van der Waals surface area contributed by atoms with Crippen LogP contribution in [0.1, 0.15) is 56.1 Å². The fourth-order valence-corrected chi connectivity index (χ4v) is 4.87. The van der Waals surface area contributed by atoms with Crippen LogP contribution in [0.5, 0.6) is 0 Å². The number of rotatable bonds is 5. The average molecular weight is 579 g/mol. The largest absolute Gasteiger partial charge is 0.433 e. The van der Waals surface area contributed by atoms with Crippen molar-refractivity contribution < 1.29 is 27.8 Å². The van der Waals surface area contributed by atoms with E-state index in [4.69, 9.17) is 16.3 Å². The Hall–Kier alpha value is -3.63. The predicted molar refractivity (Wildman–Crippen MR) is 157 cm³/mol. The van der Waals surface area contributed by atoms with Crippen LogP contribution in [0.2, 0.25) is 5.02 Å². The first-order valence-electron chi connectivity index (χ1n) is 13.0. The monoisotopic (exact) mass is 578 g/mol. The predicted octanol–water partition coefficient (Wildman–Crippen LogP) is 8.72. The maximum absolute atomic E-state index is 14.1. The number of aryl methyl sites for hydroxylation is 1. The van der Waals surface area contributed by atoms with Gasteiger partial charge in [0, 0.05) is 16.1 Å². The molecule has 212 valence electrons. The quantitative estimate of drug-likeness (QED) is 0.241. The first-order chi connectivity index (χ1) is 19.1. The molecule has 1 N–H and O–H groups in total. The van der Waals surface area contributed by atoms with E-state index < -0.39 is 23.5 Å². The summed E-state index contributed by atoms with van der Waals surface area (Å²) in [5.41, 5.74) is -1.18. The maximum Gasteiger partial charge on any atom is 0.433 e. The van der Waals surface area contributed by atoms with Crippen LogP contribution in [0.4, 0.5) is 13.2 Å². The molecule has 3 nitrogen and oxygen atoms in total. The van der Waals surface area contributed by atoms with Gasteiger partial charge in [0.15, 0.2) is 5.78 Å². The minimum atomic E-state index is -5.03. The SMILES string of the molecule is CC(=O)[C@@H](OC(C)(C)C)c1c(C)cc2ccc(C#CC(O)(c3ccccc3)C(F)(F)F)cc2c1-c1ccc(Cl)cc1. The summed E-state index contributed by atoms with van der Waals surface area (Å²) in [6, 6.07) is 20.8. The van der Waals surface area contributed by atoms with Crippen molar-refractivity contribution in [1.82, 2.24) is 0 Å². The fourth-order valence-electron chi connectivity index (χ4n) is 4.74. The lowest BCUT2D eigenvalue weighted by atomic mass is 9.85. The second kappa shape index (κ2) is 11.3. The number of aliphatic hydroxyl groups is 1. The smallest absolute Gasteiger partial charge is 0.366 e. The Labute approximate surface area is 242 Å². The summed E-state index contributed by atoms with van der Waals surface area (Å²) in [7, 11) is 0. The first kappa shape index (κ1) is 30.3. The number of fused-ring (bicyclic) bond motifs is 1. The number of halogens is 4. The van der Waals surface area contributed by atoms with Crippen LogP contribution < -0.4 is 0 Å². The van der Waals surface area contributed by atoms with Gasteiger partial charge in [-0.05, 0) is 97.8 Å². The van der Waals surface area contributed by atoms with Crippen molar-refractivity contribution in [3.8, 4) is 23.0 Å². The molecule has 0 aliphatic heterocycles. The van der Waals surface area contributed by atoms with Gasteiger partial charge >= 0.3 is 6.18 Å². The third-order valence-corrected chi connectivity index (χ3v) is 6.87. The topological polar surface area (TPSA) is 46.5 Å². The number of carbonyl (C=O) groups excluding carboxylic acids is 1. The molecule has 0 heterocycles. The summed E-state index contributed by atoms with van der Waals surface area (Å²) in [4.78, 5) is 13.0. The molecular formula is C34H30ClF3O3. The molecule has 0 spiro atoms. The van der Waals surface area contributed by atoms with E-state index in [1.54, 1.807) is 36.4 Å². The van der Waals surface area contributed by atoms with E-state index in [9.17, 15) is 23.1 Å². The summed E-state index contributed by atoms with van der Waals surface area (Å²) in [6.45, 7) is 8.96. The number of carbonyl (C=O) groups is 1. The van der Waals surface area contributed by atoms with E-state index in [1.807, 2.05) is 45.9 Å².